The topological polar surface area (TPSA) is 80.4 Å². The first-order valence-corrected chi connectivity index (χ1v) is 6.03. The fraction of sp³-hybridized carbons (Fsp3) is 0.364. The largest absolute Gasteiger partial charge is 0.480 e. The molecule has 0 radical (unpaired) electrons. The van der Waals surface area contributed by atoms with Gasteiger partial charge in [-0.3, -0.25) is 14.9 Å². The van der Waals surface area contributed by atoms with Crippen LogP contribution in [0.2, 0.25) is 0 Å². The average Bonchev–Trinajstić information content (AvgIpc) is 2.24. The molecule has 0 heterocycles. The van der Waals surface area contributed by atoms with Crippen LogP contribution < -0.4 is 0 Å². The number of non-ortho nitro benzene ring substituents is 1. The second-order valence-corrected chi connectivity index (χ2v) is 5.24. The van der Waals surface area contributed by atoms with Gasteiger partial charge in [0.15, 0.2) is 0 Å². The summed E-state index contributed by atoms with van der Waals surface area (Å²) in [6, 6.07) is 3.07. The Kier molecular flexibility index (Phi) is 4.66. The number of carboxylic acid groups (broad SMARTS) is 1. The van der Waals surface area contributed by atoms with Crippen molar-refractivity contribution >= 4 is 23.4 Å². The molecular weight excluding hydrogens is 261 g/mol. The minimum atomic E-state index is -1.03. The van der Waals surface area contributed by atoms with Gasteiger partial charge in [-0.15, -0.1) is 11.8 Å². The van der Waals surface area contributed by atoms with Crippen LogP contribution >= 0.6 is 11.8 Å². The molecule has 1 aromatic rings. The molecule has 0 spiro atoms. The van der Waals surface area contributed by atoms with Crippen molar-refractivity contribution in [3.63, 3.8) is 0 Å². The summed E-state index contributed by atoms with van der Waals surface area (Å²) in [6.45, 7) is 3.44. The molecule has 1 aromatic carbocycles. The summed E-state index contributed by atoms with van der Waals surface area (Å²) in [6.07, 6.45) is 0. The number of carboxylic acids is 1. The summed E-state index contributed by atoms with van der Waals surface area (Å²) in [7, 11) is 0. The number of hydrogen-bond donors (Lipinski definition) is 1. The minimum absolute atomic E-state index is 0.171. The van der Waals surface area contributed by atoms with Gasteiger partial charge in [0, 0.05) is 11.0 Å². The first-order chi connectivity index (χ1) is 8.31. The molecule has 5 nitrogen and oxygen atoms in total. The van der Waals surface area contributed by atoms with E-state index in [-0.39, 0.29) is 16.5 Å². The molecule has 0 saturated carbocycles. The maximum absolute atomic E-state index is 13.2. The Labute approximate surface area is 107 Å². The van der Waals surface area contributed by atoms with Crippen molar-refractivity contribution in [2.24, 2.45) is 5.92 Å². The zero-order chi connectivity index (χ0) is 13.9. The standard InChI is InChI=1S/C11H12FNO4S/c1-6(2)10(11(14)15)18-9-4-7(12)3-8(5-9)13(16)17/h3-6,10H,1-2H3,(H,14,15). The van der Waals surface area contributed by atoms with E-state index in [0.29, 0.717) is 0 Å². The lowest BCUT2D eigenvalue weighted by Crippen LogP contribution is -2.22. The Morgan fingerprint density at radius 1 is 1.44 bits per heavy atom. The molecule has 0 aliphatic carbocycles. The van der Waals surface area contributed by atoms with Gasteiger partial charge in [0.2, 0.25) is 0 Å². The van der Waals surface area contributed by atoms with Crippen molar-refractivity contribution in [3.05, 3.63) is 34.1 Å². The number of thioether (sulfide) groups is 1. The molecule has 0 aliphatic heterocycles. The third-order valence-corrected chi connectivity index (χ3v) is 3.69. The van der Waals surface area contributed by atoms with E-state index in [0.717, 1.165) is 23.9 Å². The van der Waals surface area contributed by atoms with Crippen LogP contribution in [0.1, 0.15) is 13.8 Å². The van der Waals surface area contributed by atoms with Crippen LogP contribution in [-0.4, -0.2) is 21.2 Å². The molecule has 7 heteroatoms. The summed E-state index contributed by atoms with van der Waals surface area (Å²) in [4.78, 5) is 21.1. The summed E-state index contributed by atoms with van der Waals surface area (Å²) < 4.78 is 13.2. The quantitative estimate of drug-likeness (QED) is 0.507. The number of nitrogens with zero attached hydrogens (tertiary/aromatic N) is 1. The number of carbonyl (C=O) groups is 1. The molecular formula is C11H12FNO4S. The lowest BCUT2D eigenvalue weighted by atomic mass is 10.1. The molecule has 1 atom stereocenters. The van der Waals surface area contributed by atoms with E-state index in [1.165, 1.54) is 6.07 Å². The smallest absolute Gasteiger partial charge is 0.317 e. The van der Waals surface area contributed by atoms with E-state index in [2.05, 4.69) is 0 Å². The molecule has 1 unspecified atom stereocenters. The maximum atomic E-state index is 13.2. The molecule has 0 bridgehead atoms. The second-order valence-electron chi connectivity index (χ2n) is 4.02. The van der Waals surface area contributed by atoms with Crippen molar-refractivity contribution in [1.29, 1.82) is 0 Å². The first-order valence-electron chi connectivity index (χ1n) is 5.15. The highest BCUT2D eigenvalue weighted by Gasteiger charge is 2.24. The third-order valence-electron chi connectivity index (χ3n) is 2.18. The third kappa shape index (κ3) is 3.69. The van der Waals surface area contributed by atoms with Crippen LogP contribution in [0, 0.1) is 21.8 Å². The van der Waals surface area contributed by atoms with Gasteiger partial charge in [0.05, 0.1) is 11.0 Å². The molecule has 0 amide bonds. The Bertz CT molecular complexity index is 478. The second kappa shape index (κ2) is 5.81. The predicted octanol–water partition coefficient (Wildman–Crippen LogP) is 2.94. The Hall–Kier alpha value is -1.63. The van der Waals surface area contributed by atoms with E-state index in [1.54, 1.807) is 13.8 Å². The Morgan fingerprint density at radius 3 is 2.50 bits per heavy atom. The predicted molar refractivity (Wildman–Crippen MR) is 65.2 cm³/mol. The van der Waals surface area contributed by atoms with Gasteiger partial charge >= 0.3 is 5.97 Å². The molecule has 98 valence electrons. The number of halogens is 1. The summed E-state index contributed by atoms with van der Waals surface area (Å²) in [5.41, 5.74) is -0.384. The molecule has 0 fully saturated rings. The van der Waals surface area contributed by atoms with Crippen LogP contribution in [0.4, 0.5) is 10.1 Å². The lowest BCUT2D eigenvalue weighted by Gasteiger charge is -2.15. The van der Waals surface area contributed by atoms with Gasteiger partial charge in [0.25, 0.3) is 5.69 Å². The van der Waals surface area contributed by atoms with Crippen LogP contribution in [0.5, 0.6) is 0 Å². The van der Waals surface area contributed by atoms with E-state index < -0.39 is 22.0 Å². The Balaban J connectivity index is 3.03. The zero-order valence-electron chi connectivity index (χ0n) is 9.79. The molecule has 0 saturated heterocycles. The maximum Gasteiger partial charge on any atom is 0.317 e. The van der Waals surface area contributed by atoms with E-state index in [4.69, 9.17) is 5.11 Å². The SMILES string of the molecule is CC(C)C(Sc1cc(F)cc([N+](=O)[O-])c1)C(=O)O. The van der Waals surface area contributed by atoms with E-state index in [9.17, 15) is 19.3 Å². The van der Waals surface area contributed by atoms with Crippen molar-refractivity contribution < 1.29 is 19.2 Å². The van der Waals surface area contributed by atoms with Gasteiger partial charge in [-0.2, -0.15) is 0 Å². The molecule has 1 N–H and O–H groups in total. The molecule has 1 rings (SSSR count). The van der Waals surface area contributed by atoms with E-state index >= 15 is 0 Å². The highest BCUT2D eigenvalue weighted by molar-refractivity contribution is 8.00. The van der Waals surface area contributed by atoms with Gasteiger partial charge in [-0.05, 0) is 12.0 Å². The number of hydrogen-bond acceptors (Lipinski definition) is 4. The van der Waals surface area contributed by atoms with E-state index in [1.807, 2.05) is 0 Å². The van der Waals surface area contributed by atoms with Crippen LogP contribution in [0.3, 0.4) is 0 Å². The molecule has 18 heavy (non-hydrogen) atoms. The van der Waals surface area contributed by atoms with Crippen molar-refractivity contribution in [1.82, 2.24) is 0 Å². The summed E-state index contributed by atoms with van der Waals surface area (Å²) in [5.74, 6) is -1.95. The molecule has 0 aromatic heterocycles. The fourth-order valence-corrected chi connectivity index (χ4v) is 2.38. The number of aliphatic carboxylic acids is 1. The van der Waals surface area contributed by atoms with Crippen molar-refractivity contribution in [3.8, 4) is 0 Å². The first kappa shape index (κ1) is 14.4. The number of nitro benzene ring substituents is 1. The van der Waals surface area contributed by atoms with Crippen LogP contribution in [0.15, 0.2) is 23.1 Å². The van der Waals surface area contributed by atoms with Crippen LogP contribution in [-0.2, 0) is 4.79 Å². The normalized spacial score (nSPS) is 12.4. The minimum Gasteiger partial charge on any atom is -0.480 e. The Morgan fingerprint density at radius 2 is 2.06 bits per heavy atom. The summed E-state index contributed by atoms with van der Waals surface area (Å²) in [5, 5.41) is 18.8. The lowest BCUT2D eigenvalue weighted by molar-refractivity contribution is -0.385. The number of rotatable bonds is 5. The summed E-state index contributed by atoms with van der Waals surface area (Å²) >= 11 is 0.907. The number of nitro groups is 1. The monoisotopic (exact) mass is 273 g/mol. The van der Waals surface area contributed by atoms with Gasteiger partial charge in [-0.25, -0.2) is 4.39 Å². The van der Waals surface area contributed by atoms with Gasteiger partial charge in [-0.1, -0.05) is 13.8 Å². The van der Waals surface area contributed by atoms with Gasteiger partial charge in [0.1, 0.15) is 11.1 Å². The highest BCUT2D eigenvalue weighted by Crippen LogP contribution is 2.31. The average molecular weight is 273 g/mol. The van der Waals surface area contributed by atoms with Crippen molar-refractivity contribution in [2.75, 3.05) is 0 Å². The number of benzene rings is 1. The fourth-order valence-electron chi connectivity index (χ4n) is 1.34. The highest BCUT2D eigenvalue weighted by atomic mass is 32.2. The van der Waals surface area contributed by atoms with Crippen LogP contribution in [0.25, 0.3) is 0 Å². The molecule has 0 aliphatic rings. The van der Waals surface area contributed by atoms with Gasteiger partial charge < -0.3 is 5.11 Å². The van der Waals surface area contributed by atoms with Crippen molar-refractivity contribution in [2.45, 2.75) is 24.0 Å². The zero-order valence-corrected chi connectivity index (χ0v) is 10.6.